The van der Waals surface area contributed by atoms with Gasteiger partial charge in [-0.25, -0.2) is 13.8 Å². The second-order valence-corrected chi connectivity index (χ2v) is 18.6. The number of nitrogens with one attached hydrogen (secondary N) is 1. The lowest BCUT2D eigenvalue weighted by Gasteiger charge is -2.33. The second kappa shape index (κ2) is 18.4. The molecule has 11 nitrogen and oxygen atoms in total. The van der Waals surface area contributed by atoms with Gasteiger partial charge in [0.2, 0.25) is 0 Å². The summed E-state index contributed by atoms with van der Waals surface area (Å²) < 4.78 is 47.7. The molecule has 2 saturated heterocycles. The SMILES string of the molecule is Cn1[nH]cc2c3c(cc(F)c21)nc1cc(Br)cnc13.Cn1ncc2c3c4ncc(Br)cc4n([C@H](c4ccccc4)C4CCOCC4)c3cc(F)c21.O[C@@H](c1ccccc1)C1CCOCC1. The maximum absolute atomic E-state index is 15.4. The molecule has 0 radical (unpaired) electrons. The number of aliphatic hydroxyl groups is 1. The molecule has 8 heterocycles. The zero-order valence-electron chi connectivity index (χ0n) is 35.8. The number of aromatic amines is 1. The van der Waals surface area contributed by atoms with Crippen LogP contribution in [0.5, 0.6) is 0 Å². The van der Waals surface area contributed by atoms with Crippen LogP contribution in [-0.4, -0.2) is 70.6 Å². The van der Waals surface area contributed by atoms with Gasteiger partial charge in [0.1, 0.15) is 11.0 Å². The summed E-state index contributed by atoms with van der Waals surface area (Å²) in [6, 6.07) is 27.5. The molecule has 0 unspecified atom stereocenters. The summed E-state index contributed by atoms with van der Waals surface area (Å²) in [6.07, 6.45) is 10.6. The Morgan fingerprint density at radius 3 is 1.98 bits per heavy atom. The molecular weight excluding hydrogens is 958 g/mol. The minimum Gasteiger partial charge on any atom is -0.388 e. The van der Waals surface area contributed by atoms with Crippen LogP contribution in [0.3, 0.4) is 0 Å². The molecule has 65 heavy (non-hydrogen) atoms. The van der Waals surface area contributed by atoms with Crippen molar-refractivity contribution < 1.29 is 23.4 Å². The molecule has 0 amide bonds. The van der Waals surface area contributed by atoms with Gasteiger partial charge in [0.15, 0.2) is 11.6 Å². The van der Waals surface area contributed by atoms with Crippen molar-refractivity contribution >= 4 is 97.5 Å². The zero-order valence-corrected chi connectivity index (χ0v) is 38.9. The predicted octanol–water partition coefficient (Wildman–Crippen LogP) is 11.6. The molecule has 12 rings (SSSR count). The van der Waals surface area contributed by atoms with Crippen LogP contribution < -0.4 is 0 Å². The molecule has 2 N–H and O–H groups in total. The molecule has 332 valence electrons. The number of halogens is 4. The Bertz CT molecular complexity index is 3310. The number of fused-ring (bicyclic) bond motifs is 10. The fraction of sp³-hybridized carbons (Fsp3) is 0.280. The van der Waals surface area contributed by atoms with E-state index >= 15 is 4.39 Å². The van der Waals surface area contributed by atoms with Gasteiger partial charge in [-0.15, -0.1) is 0 Å². The molecular formula is C50H46Br2F2N8O3. The van der Waals surface area contributed by atoms with Crippen molar-refractivity contribution in [2.75, 3.05) is 26.4 Å². The van der Waals surface area contributed by atoms with Crippen molar-refractivity contribution in [2.24, 2.45) is 25.9 Å². The lowest BCUT2D eigenvalue weighted by Crippen LogP contribution is -2.26. The monoisotopic (exact) mass is 1000 g/mol. The zero-order chi connectivity index (χ0) is 44.8. The highest BCUT2D eigenvalue weighted by atomic mass is 79.9. The van der Waals surface area contributed by atoms with Gasteiger partial charge >= 0.3 is 0 Å². The van der Waals surface area contributed by atoms with Crippen LogP contribution in [-0.2, 0) is 23.6 Å². The van der Waals surface area contributed by atoms with Crippen molar-refractivity contribution in [1.29, 1.82) is 0 Å². The molecule has 2 fully saturated rings. The number of rotatable bonds is 5. The fourth-order valence-electron chi connectivity index (χ4n) is 9.77. The summed E-state index contributed by atoms with van der Waals surface area (Å²) in [7, 11) is 3.55. The van der Waals surface area contributed by atoms with Crippen molar-refractivity contribution in [3.8, 4) is 0 Å². The summed E-state index contributed by atoms with van der Waals surface area (Å²) >= 11 is 6.98. The third-order valence-corrected chi connectivity index (χ3v) is 13.7. The van der Waals surface area contributed by atoms with Gasteiger partial charge < -0.3 is 24.2 Å². The summed E-state index contributed by atoms with van der Waals surface area (Å²) in [5, 5.41) is 20.9. The number of aromatic nitrogens is 8. The fourth-order valence-corrected chi connectivity index (χ4v) is 10.4. The van der Waals surface area contributed by atoms with E-state index in [4.69, 9.17) is 14.5 Å². The maximum atomic E-state index is 15.4. The number of H-pyrrole nitrogens is 1. The quantitative estimate of drug-likeness (QED) is 0.176. The Morgan fingerprint density at radius 2 is 1.29 bits per heavy atom. The first kappa shape index (κ1) is 43.3. The Balaban J connectivity index is 0.000000127. The maximum Gasteiger partial charge on any atom is 0.151 e. The number of aliphatic hydroxyl groups excluding tert-OH is 1. The minimum atomic E-state index is -0.319. The number of ether oxygens (including phenoxy) is 2. The average Bonchev–Trinajstić information content (AvgIpc) is 4.10. The van der Waals surface area contributed by atoms with Crippen molar-refractivity contribution in [3.05, 3.63) is 141 Å². The Kier molecular flexibility index (Phi) is 12.2. The first-order valence-corrected chi connectivity index (χ1v) is 23.3. The van der Waals surface area contributed by atoms with Crippen molar-refractivity contribution in [1.82, 2.24) is 39.1 Å². The third kappa shape index (κ3) is 8.22. The highest BCUT2D eigenvalue weighted by Crippen LogP contribution is 2.43. The molecule has 2 atom stereocenters. The Labute approximate surface area is 389 Å². The third-order valence-electron chi connectivity index (χ3n) is 12.8. The van der Waals surface area contributed by atoms with E-state index in [0.717, 1.165) is 116 Å². The highest BCUT2D eigenvalue weighted by Gasteiger charge is 2.31. The van der Waals surface area contributed by atoms with Gasteiger partial charge in [-0.05, 0) is 92.6 Å². The normalized spacial score (nSPS) is 16.0. The molecule has 0 saturated carbocycles. The van der Waals surface area contributed by atoms with E-state index in [0.29, 0.717) is 28.4 Å². The summed E-state index contributed by atoms with van der Waals surface area (Å²) in [5.41, 5.74) is 8.18. The smallest absolute Gasteiger partial charge is 0.151 e. The van der Waals surface area contributed by atoms with Gasteiger partial charge in [0.25, 0.3) is 0 Å². The number of hydrogen-bond acceptors (Lipinski definition) is 7. The number of hydrogen-bond donors (Lipinski definition) is 2. The molecule has 0 aliphatic carbocycles. The first-order chi connectivity index (χ1) is 31.7. The molecule has 0 spiro atoms. The van der Waals surface area contributed by atoms with Crippen LogP contribution in [0.2, 0.25) is 0 Å². The second-order valence-electron chi connectivity index (χ2n) is 16.8. The molecule has 2 aliphatic rings. The first-order valence-electron chi connectivity index (χ1n) is 21.8. The lowest BCUT2D eigenvalue weighted by atomic mass is 9.86. The van der Waals surface area contributed by atoms with Crippen LogP contribution in [0.4, 0.5) is 8.78 Å². The number of aryl methyl sites for hydroxylation is 2. The van der Waals surface area contributed by atoms with E-state index in [1.165, 1.54) is 11.6 Å². The topological polar surface area (TPSA) is 121 Å². The summed E-state index contributed by atoms with van der Waals surface area (Å²) in [4.78, 5) is 13.6. The standard InChI is InChI=1S/C25H22BrFN4O.C13H8BrFN4.C12H16O2/c1-30-25-18(14-29-30)22-20(12-19(25)27)31(21-11-17(26)13-28-23(21)22)24(15-5-3-2-4-6-15)16-7-9-32-10-8-16;1-19-13-7(5-17-19)11-9(3-8(13)15)18-10-2-6(14)4-16-12(10)11;13-12(10-4-2-1-3-5-10)11-6-8-14-9-7-11/h2-6,11-14,16,24H,7-10H2,1H3;2-5,17H,1H3;1-5,11-13H,6-9H2/t24-;;12-/m1.0/s1. The van der Waals surface area contributed by atoms with Crippen molar-refractivity contribution in [2.45, 2.75) is 37.8 Å². The number of pyridine rings is 2. The van der Waals surface area contributed by atoms with E-state index < -0.39 is 0 Å². The van der Waals surface area contributed by atoms with Gasteiger partial charge in [-0.2, -0.15) is 5.10 Å². The van der Waals surface area contributed by atoms with E-state index in [2.05, 4.69) is 86.9 Å². The average molecular weight is 1000 g/mol. The van der Waals surface area contributed by atoms with E-state index in [9.17, 15) is 9.50 Å². The molecule has 6 aromatic heterocycles. The molecule has 0 bridgehead atoms. The molecule has 15 heteroatoms. The van der Waals surface area contributed by atoms with Crippen molar-refractivity contribution in [3.63, 3.8) is 0 Å². The summed E-state index contributed by atoms with van der Waals surface area (Å²) in [5.74, 6) is 0.185. The molecule has 4 aromatic carbocycles. The van der Waals surface area contributed by atoms with E-state index in [-0.39, 0.29) is 23.8 Å². The molecule has 10 aromatic rings. The van der Waals surface area contributed by atoms with Crippen LogP contribution in [0, 0.1) is 23.5 Å². The van der Waals surface area contributed by atoms with Crippen LogP contribution in [0.15, 0.2) is 119 Å². The van der Waals surface area contributed by atoms with E-state index in [1.54, 1.807) is 48.1 Å². The molecule has 2 aliphatic heterocycles. The number of benzene rings is 4. The Hall–Kier alpha value is -5.58. The lowest BCUT2D eigenvalue weighted by molar-refractivity contribution is 0.00719. The summed E-state index contributed by atoms with van der Waals surface area (Å²) in [6.45, 7) is 3.06. The van der Waals surface area contributed by atoms with Gasteiger partial charge in [0.05, 0.1) is 51.4 Å². The predicted molar refractivity (Wildman–Crippen MR) is 258 cm³/mol. The Morgan fingerprint density at radius 1 is 0.677 bits per heavy atom. The highest BCUT2D eigenvalue weighted by molar-refractivity contribution is 9.10. The number of nitrogens with zero attached hydrogens (tertiary/aromatic N) is 7. The minimum absolute atomic E-state index is 0.0460. The van der Waals surface area contributed by atoms with Crippen LogP contribution in [0.1, 0.15) is 49.0 Å². The van der Waals surface area contributed by atoms with Gasteiger partial charge in [0, 0.05) is 102 Å². The van der Waals surface area contributed by atoms with E-state index in [1.807, 2.05) is 48.7 Å². The largest absolute Gasteiger partial charge is 0.388 e. The van der Waals surface area contributed by atoms with Crippen LogP contribution in [0.25, 0.3) is 65.7 Å². The van der Waals surface area contributed by atoms with Gasteiger partial charge in [-0.1, -0.05) is 60.7 Å². The van der Waals surface area contributed by atoms with Crippen LogP contribution >= 0.6 is 31.9 Å². The van der Waals surface area contributed by atoms with Gasteiger partial charge in [-0.3, -0.25) is 19.3 Å².